The first-order valence-electron chi connectivity index (χ1n) is 9.45. The fourth-order valence-corrected chi connectivity index (χ4v) is 5.19. The van der Waals surface area contributed by atoms with E-state index in [0.29, 0.717) is 16.9 Å². The normalized spacial score (nSPS) is 11.2. The van der Waals surface area contributed by atoms with Gasteiger partial charge in [0, 0.05) is 45.6 Å². The topological polar surface area (TPSA) is 88.0 Å². The smallest absolute Gasteiger partial charge is 0.287 e. The van der Waals surface area contributed by atoms with Crippen LogP contribution in [0.15, 0.2) is 49.3 Å². The summed E-state index contributed by atoms with van der Waals surface area (Å²) in [5, 5.41) is 5.76. The molecule has 0 saturated heterocycles. The summed E-state index contributed by atoms with van der Waals surface area (Å²) < 4.78 is 6.84. The third kappa shape index (κ3) is 4.20. The minimum Gasteiger partial charge on any atom is -0.451 e. The van der Waals surface area contributed by atoms with Crippen LogP contribution in [-0.2, 0) is 12.3 Å². The van der Waals surface area contributed by atoms with Crippen LogP contribution >= 0.6 is 23.1 Å². The lowest BCUT2D eigenvalue weighted by molar-refractivity contribution is 0.0924. The van der Waals surface area contributed by atoms with Crippen LogP contribution in [0.4, 0.5) is 0 Å². The standard InChI is InChI=1S/C22H21N3O3S2/c1-12-8-13(2)24-20(26)16(12)9-23-21(27)19-17(11-30-22-25-14(3)10-29-22)15-6-4-5-7-18(15)28-19/h4-8,10H,9,11H2,1-3H3,(H,23,27)(H,24,26). The van der Waals surface area contributed by atoms with Gasteiger partial charge < -0.3 is 14.7 Å². The van der Waals surface area contributed by atoms with Gasteiger partial charge in [0.05, 0.1) is 0 Å². The number of rotatable bonds is 6. The maximum Gasteiger partial charge on any atom is 0.287 e. The summed E-state index contributed by atoms with van der Waals surface area (Å²) in [6.45, 7) is 5.79. The number of thioether (sulfide) groups is 1. The Morgan fingerprint density at radius 2 is 2.03 bits per heavy atom. The molecule has 0 spiro atoms. The van der Waals surface area contributed by atoms with E-state index in [4.69, 9.17) is 4.42 Å². The highest BCUT2D eigenvalue weighted by atomic mass is 32.2. The van der Waals surface area contributed by atoms with E-state index in [1.54, 1.807) is 23.1 Å². The number of carbonyl (C=O) groups is 1. The van der Waals surface area contributed by atoms with Crippen LogP contribution in [0, 0.1) is 20.8 Å². The second-order valence-corrected chi connectivity index (χ2v) is 9.16. The molecule has 2 N–H and O–H groups in total. The van der Waals surface area contributed by atoms with Gasteiger partial charge in [-0.15, -0.1) is 11.3 Å². The van der Waals surface area contributed by atoms with E-state index in [1.807, 2.05) is 56.5 Å². The van der Waals surface area contributed by atoms with Gasteiger partial charge in [-0.1, -0.05) is 30.0 Å². The Morgan fingerprint density at radius 3 is 2.77 bits per heavy atom. The lowest BCUT2D eigenvalue weighted by Gasteiger charge is -2.08. The van der Waals surface area contributed by atoms with E-state index < -0.39 is 0 Å². The number of thiazole rings is 1. The fraction of sp³-hybridized carbons (Fsp3) is 0.227. The van der Waals surface area contributed by atoms with Gasteiger partial charge in [0.25, 0.3) is 11.5 Å². The molecule has 0 atom stereocenters. The first-order valence-corrected chi connectivity index (χ1v) is 11.3. The molecule has 4 aromatic rings. The fourth-order valence-electron chi connectivity index (χ4n) is 3.31. The van der Waals surface area contributed by atoms with Crippen molar-refractivity contribution < 1.29 is 9.21 Å². The molecule has 3 aromatic heterocycles. The van der Waals surface area contributed by atoms with Crippen molar-refractivity contribution >= 4 is 40.0 Å². The maximum atomic E-state index is 13.0. The number of amides is 1. The quantitative estimate of drug-likeness (QED) is 0.424. The number of hydrogen-bond acceptors (Lipinski definition) is 6. The Kier molecular flexibility index (Phi) is 5.78. The average molecular weight is 440 g/mol. The Labute approximate surface area is 181 Å². The molecule has 6 nitrogen and oxygen atoms in total. The molecule has 0 fully saturated rings. The number of carbonyl (C=O) groups excluding carboxylic acids is 1. The van der Waals surface area contributed by atoms with Crippen molar-refractivity contribution in [3.8, 4) is 0 Å². The third-order valence-electron chi connectivity index (χ3n) is 4.76. The van der Waals surface area contributed by atoms with Gasteiger partial charge in [-0.05, 0) is 38.5 Å². The van der Waals surface area contributed by atoms with Gasteiger partial charge in [-0.2, -0.15) is 0 Å². The summed E-state index contributed by atoms with van der Waals surface area (Å²) >= 11 is 3.16. The van der Waals surface area contributed by atoms with Crippen molar-refractivity contribution in [1.82, 2.24) is 15.3 Å². The highest BCUT2D eigenvalue weighted by Gasteiger charge is 2.21. The zero-order valence-corrected chi connectivity index (χ0v) is 18.5. The van der Waals surface area contributed by atoms with Crippen LogP contribution in [0.3, 0.4) is 0 Å². The van der Waals surface area contributed by atoms with Crippen molar-refractivity contribution in [2.24, 2.45) is 0 Å². The minimum absolute atomic E-state index is 0.135. The molecule has 1 amide bonds. The van der Waals surface area contributed by atoms with Gasteiger partial charge in [0.15, 0.2) is 5.76 Å². The monoisotopic (exact) mass is 439 g/mol. The molecule has 0 unspecified atom stereocenters. The highest BCUT2D eigenvalue weighted by Crippen LogP contribution is 2.33. The van der Waals surface area contributed by atoms with E-state index in [0.717, 1.165) is 32.2 Å². The number of furan rings is 1. The minimum atomic E-state index is -0.337. The molecule has 154 valence electrons. The van der Waals surface area contributed by atoms with Crippen molar-refractivity contribution in [2.75, 3.05) is 0 Å². The largest absolute Gasteiger partial charge is 0.451 e. The SMILES string of the molecule is Cc1csc(SCc2c(C(=O)NCc3c(C)cc(C)[nH]c3=O)oc3ccccc23)n1. The number of nitrogens with zero attached hydrogens (tertiary/aromatic N) is 1. The highest BCUT2D eigenvalue weighted by molar-refractivity contribution is 8.00. The lowest BCUT2D eigenvalue weighted by atomic mass is 10.1. The van der Waals surface area contributed by atoms with Gasteiger partial charge in [0.1, 0.15) is 9.92 Å². The van der Waals surface area contributed by atoms with E-state index >= 15 is 0 Å². The van der Waals surface area contributed by atoms with E-state index in [-0.39, 0.29) is 23.8 Å². The van der Waals surface area contributed by atoms with E-state index in [9.17, 15) is 9.59 Å². The molecule has 0 bridgehead atoms. The van der Waals surface area contributed by atoms with E-state index in [1.165, 1.54) is 0 Å². The Hall–Kier alpha value is -2.84. The van der Waals surface area contributed by atoms with Crippen LogP contribution in [0.5, 0.6) is 0 Å². The molecule has 0 aliphatic carbocycles. The number of nitrogens with one attached hydrogen (secondary N) is 2. The second-order valence-electron chi connectivity index (χ2n) is 7.08. The summed E-state index contributed by atoms with van der Waals surface area (Å²) in [6.07, 6.45) is 0. The van der Waals surface area contributed by atoms with Crippen molar-refractivity contribution in [2.45, 2.75) is 37.4 Å². The lowest BCUT2D eigenvalue weighted by Crippen LogP contribution is -2.28. The number of hydrogen-bond donors (Lipinski definition) is 2. The Morgan fingerprint density at radius 1 is 1.23 bits per heavy atom. The Bertz CT molecular complexity index is 1290. The number of aromatic nitrogens is 2. The molecule has 4 rings (SSSR count). The number of para-hydroxylation sites is 1. The van der Waals surface area contributed by atoms with E-state index in [2.05, 4.69) is 15.3 Å². The molecule has 3 heterocycles. The number of benzene rings is 1. The number of pyridine rings is 1. The molecule has 0 aliphatic heterocycles. The molecular formula is C22H21N3O3S2. The Balaban J connectivity index is 1.59. The summed E-state index contributed by atoms with van der Waals surface area (Å²) in [7, 11) is 0. The van der Waals surface area contributed by atoms with Gasteiger partial charge in [0.2, 0.25) is 0 Å². The van der Waals surface area contributed by atoms with Crippen LogP contribution < -0.4 is 10.9 Å². The van der Waals surface area contributed by atoms with Crippen molar-refractivity contribution in [3.05, 3.63) is 79.9 Å². The van der Waals surface area contributed by atoms with Crippen molar-refractivity contribution in [1.29, 1.82) is 0 Å². The predicted molar refractivity (Wildman–Crippen MR) is 120 cm³/mol. The number of H-pyrrole nitrogens is 1. The maximum absolute atomic E-state index is 13.0. The predicted octanol–water partition coefficient (Wildman–Crippen LogP) is 4.73. The third-order valence-corrected chi connectivity index (χ3v) is 6.93. The summed E-state index contributed by atoms with van der Waals surface area (Å²) in [6, 6.07) is 9.50. The number of fused-ring (bicyclic) bond motifs is 1. The first-order chi connectivity index (χ1) is 14.4. The number of aromatic amines is 1. The van der Waals surface area contributed by atoms with Gasteiger partial charge in [-0.3, -0.25) is 9.59 Å². The molecule has 1 aromatic carbocycles. The van der Waals surface area contributed by atoms with Gasteiger partial charge in [-0.25, -0.2) is 4.98 Å². The van der Waals surface area contributed by atoms with Crippen LogP contribution in [0.25, 0.3) is 11.0 Å². The van der Waals surface area contributed by atoms with Crippen LogP contribution in [0.2, 0.25) is 0 Å². The van der Waals surface area contributed by atoms with Crippen molar-refractivity contribution in [3.63, 3.8) is 0 Å². The molecule has 30 heavy (non-hydrogen) atoms. The zero-order chi connectivity index (χ0) is 21.3. The molecule has 0 radical (unpaired) electrons. The average Bonchev–Trinajstić information content (AvgIpc) is 3.28. The second kappa shape index (κ2) is 8.49. The molecule has 0 aliphatic rings. The zero-order valence-electron chi connectivity index (χ0n) is 16.9. The van der Waals surface area contributed by atoms with Crippen LogP contribution in [-0.4, -0.2) is 15.9 Å². The summed E-state index contributed by atoms with van der Waals surface area (Å²) in [5.41, 5.74) is 4.47. The molecular weight excluding hydrogens is 418 g/mol. The van der Waals surface area contributed by atoms with Gasteiger partial charge >= 0.3 is 0 Å². The first kappa shape index (κ1) is 20.4. The summed E-state index contributed by atoms with van der Waals surface area (Å²) in [4.78, 5) is 32.5. The summed E-state index contributed by atoms with van der Waals surface area (Å²) in [5.74, 6) is 0.506. The van der Waals surface area contributed by atoms with Crippen LogP contribution in [0.1, 0.15) is 38.6 Å². The number of aryl methyl sites for hydroxylation is 3. The molecule has 8 heteroatoms. The molecule has 0 saturated carbocycles.